The third kappa shape index (κ3) is 2.23. The molecule has 0 aromatic carbocycles. The molecule has 29 heavy (non-hydrogen) atoms. The predicted molar refractivity (Wildman–Crippen MR) is 107 cm³/mol. The predicted octanol–water partition coefficient (Wildman–Crippen LogP) is 4.66. The van der Waals surface area contributed by atoms with Gasteiger partial charge in [-0.1, -0.05) is 19.0 Å². The highest BCUT2D eigenvalue weighted by Crippen LogP contribution is 2.77. The molecule has 0 spiro atoms. The molecule has 9 atom stereocenters. The molecule has 6 rings (SSSR count). The van der Waals surface area contributed by atoms with Gasteiger partial charge in [0.2, 0.25) is 0 Å². The zero-order valence-electron chi connectivity index (χ0n) is 17.7. The molecule has 5 nitrogen and oxygen atoms in total. The van der Waals surface area contributed by atoms with Crippen molar-refractivity contribution < 1.29 is 14.3 Å². The maximum Gasteiger partial charge on any atom is 0.306 e. The van der Waals surface area contributed by atoms with Crippen LogP contribution in [-0.4, -0.2) is 23.4 Å². The van der Waals surface area contributed by atoms with Crippen LogP contribution in [0.3, 0.4) is 0 Å². The van der Waals surface area contributed by atoms with E-state index in [4.69, 9.17) is 4.74 Å². The van der Waals surface area contributed by atoms with E-state index in [0.29, 0.717) is 48.9 Å². The number of nitrogens with zero attached hydrogens (tertiary/aromatic N) is 1. The quantitative estimate of drug-likeness (QED) is 0.511. The first-order valence-corrected chi connectivity index (χ1v) is 11.9. The van der Waals surface area contributed by atoms with E-state index in [1.807, 2.05) is 0 Å². The summed E-state index contributed by atoms with van der Waals surface area (Å²) in [5.41, 5.74) is -0.737. The van der Waals surface area contributed by atoms with Gasteiger partial charge < -0.3 is 4.74 Å². The number of rotatable bonds is 3. The summed E-state index contributed by atoms with van der Waals surface area (Å²) in [6, 6.07) is 0. The Bertz CT molecular complexity index is 792. The van der Waals surface area contributed by atoms with E-state index in [2.05, 4.69) is 19.0 Å². The molecule has 5 aliphatic carbocycles. The summed E-state index contributed by atoms with van der Waals surface area (Å²) in [4.78, 5) is 36.6. The second kappa shape index (κ2) is 5.70. The molecule has 0 amide bonds. The number of hydrogen-bond acceptors (Lipinski definition) is 5. The van der Waals surface area contributed by atoms with Gasteiger partial charge in [-0.25, -0.2) is 0 Å². The van der Waals surface area contributed by atoms with Gasteiger partial charge in [0.1, 0.15) is 17.4 Å². The van der Waals surface area contributed by atoms with Crippen LogP contribution in [0.25, 0.3) is 0 Å². The fraction of sp³-hybridized carbons (Fsp3) is 0.917. The Kier molecular flexibility index (Phi) is 3.64. The van der Waals surface area contributed by atoms with Crippen molar-refractivity contribution in [1.29, 1.82) is 0 Å². The number of ketones is 1. The molecule has 5 heteroatoms. The monoisotopic (exact) mass is 399 g/mol. The number of carbonyl (C=O) groups is 2. The second-order valence-corrected chi connectivity index (χ2v) is 11.8. The Morgan fingerprint density at radius 2 is 1.79 bits per heavy atom. The van der Waals surface area contributed by atoms with E-state index >= 15 is 0 Å². The minimum atomic E-state index is -0.657. The number of Topliss-reactive ketones (excluding diaryl/α,β-unsaturated/α-hetero) is 1. The highest BCUT2D eigenvalue weighted by molar-refractivity contribution is 5.81. The summed E-state index contributed by atoms with van der Waals surface area (Å²) in [7, 11) is 0. The van der Waals surface area contributed by atoms with Gasteiger partial charge in [-0.05, 0) is 80.5 Å². The molecular weight excluding hydrogens is 366 g/mol. The van der Waals surface area contributed by atoms with Crippen molar-refractivity contribution in [3.8, 4) is 0 Å². The Hall–Kier alpha value is -1.26. The number of esters is 1. The summed E-state index contributed by atoms with van der Waals surface area (Å²) in [6.45, 7) is 4.70. The van der Waals surface area contributed by atoms with Gasteiger partial charge in [-0.15, -0.1) is 0 Å². The molecule has 6 fully saturated rings. The standard InChI is InChI=1S/C24H33NO4/c1-22(18-5-6-19(27)29-18)9-8-16-20(21(22)13-3-4-13)15-11-17(15)24(25-28)12-14(26)7-10-23(16,24)2/h13,15-18,20-21H,3-12H2,1-2H3/t15?,16?,17-,18?,20?,21?,22-,23-,24-/m1/s1. The lowest BCUT2D eigenvalue weighted by atomic mass is 9.41. The van der Waals surface area contributed by atoms with Gasteiger partial charge in [0.05, 0.1) is 0 Å². The van der Waals surface area contributed by atoms with E-state index in [-0.39, 0.29) is 28.7 Å². The number of cyclic esters (lactones) is 1. The maximum atomic E-state index is 12.4. The number of hydrogen-bond donors (Lipinski definition) is 0. The second-order valence-electron chi connectivity index (χ2n) is 11.8. The molecule has 158 valence electrons. The van der Waals surface area contributed by atoms with Gasteiger partial charge >= 0.3 is 5.97 Å². The van der Waals surface area contributed by atoms with Crippen molar-refractivity contribution in [3.63, 3.8) is 0 Å². The van der Waals surface area contributed by atoms with Crippen LogP contribution in [0.1, 0.15) is 78.1 Å². The van der Waals surface area contributed by atoms with Crippen LogP contribution < -0.4 is 0 Å². The number of carbonyl (C=O) groups excluding carboxylic acids is 2. The average molecular weight is 400 g/mol. The lowest BCUT2D eigenvalue weighted by molar-refractivity contribution is -0.173. The number of nitroso groups, excluding NO2 is 1. The Balaban J connectivity index is 1.41. The van der Waals surface area contributed by atoms with Crippen LogP contribution in [0, 0.1) is 51.2 Å². The highest BCUT2D eigenvalue weighted by Gasteiger charge is 2.76. The normalized spacial score (nSPS) is 56.1. The zero-order chi connectivity index (χ0) is 20.2. The van der Waals surface area contributed by atoms with Gasteiger partial charge in [0.25, 0.3) is 0 Å². The average Bonchev–Trinajstić information content (AvgIpc) is 3.61. The van der Waals surface area contributed by atoms with Crippen LogP contribution in [0.15, 0.2) is 5.18 Å². The molecule has 1 heterocycles. The zero-order valence-corrected chi connectivity index (χ0v) is 17.7. The molecule has 0 bridgehead atoms. The topological polar surface area (TPSA) is 72.8 Å². The Labute approximate surface area is 172 Å². The first kappa shape index (κ1) is 18.5. The first-order chi connectivity index (χ1) is 13.8. The third-order valence-corrected chi connectivity index (χ3v) is 10.7. The molecule has 1 aliphatic heterocycles. The van der Waals surface area contributed by atoms with E-state index in [1.165, 1.54) is 12.8 Å². The lowest BCUT2D eigenvalue weighted by Crippen LogP contribution is -2.64. The van der Waals surface area contributed by atoms with Crippen LogP contribution >= 0.6 is 0 Å². The van der Waals surface area contributed by atoms with Crippen molar-refractivity contribution in [2.24, 2.45) is 51.5 Å². The summed E-state index contributed by atoms with van der Waals surface area (Å²) in [6.07, 6.45) is 9.15. The first-order valence-electron chi connectivity index (χ1n) is 11.9. The molecule has 6 aliphatic rings. The van der Waals surface area contributed by atoms with Crippen molar-refractivity contribution in [2.45, 2.75) is 89.7 Å². The van der Waals surface area contributed by atoms with E-state index in [9.17, 15) is 14.5 Å². The molecule has 5 unspecified atom stereocenters. The molecule has 0 radical (unpaired) electrons. The Morgan fingerprint density at radius 3 is 2.45 bits per heavy atom. The smallest absolute Gasteiger partial charge is 0.306 e. The van der Waals surface area contributed by atoms with E-state index < -0.39 is 5.54 Å². The fourth-order valence-electron chi connectivity index (χ4n) is 9.16. The number of ether oxygens (including phenoxy) is 1. The van der Waals surface area contributed by atoms with Crippen LogP contribution in [0.5, 0.6) is 0 Å². The fourth-order valence-corrected chi connectivity index (χ4v) is 9.16. The van der Waals surface area contributed by atoms with Gasteiger partial charge in [-0.3, -0.25) is 9.59 Å². The van der Waals surface area contributed by atoms with Gasteiger partial charge in [0.15, 0.2) is 0 Å². The SMILES string of the molecule is C[C@]1(C2CCC(=O)O2)CCC2C(C3C[C@H]3[C@]3(N=O)CC(=O)CC[C@]23C)C1C1CC1. The summed E-state index contributed by atoms with van der Waals surface area (Å²) < 4.78 is 5.88. The van der Waals surface area contributed by atoms with Crippen LogP contribution in [0.4, 0.5) is 0 Å². The minimum Gasteiger partial charge on any atom is -0.462 e. The van der Waals surface area contributed by atoms with E-state index in [0.717, 1.165) is 38.0 Å². The largest absolute Gasteiger partial charge is 0.462 e. The molecule has 5 saturated carbocycles. The van der Waals surface area contributed by atoms with Crippen LogP contribution in [0.2, 0.25) is 0 Å². The Morgan fingerprint density at radius 1 is 1.00 bits per heavy atom. The summed E-state index contributed by atoms with van der Waals surface area (Å²) >= 11 is 0. The minimum absolute atomic E-state index is 0.0252. The van der Waals surface area contributed by atoms with E-state index in [1.54, 1.807) is 0 Å². The molecule has 1 saturated heterocycles. The summed E-state index contributed by atoms with van der Waals surface area (Å²) in [5.74, 6) is 3.48. The third-order valence-electron chi connectivity index (χ3n) is 10.7. The maximum absolute atomic E-state index is 12.4. The number of fused-ring (bicyclic) bond motifs is 6. The lowest BCUT2D eigenvalue weighted by Gasteiger charge is -2.63. The molecule has 0 aromatic rings. The van der Waals surface area contributed by atoms with Crippen molar-refractivity contribution in [3.05, 3.63) is 4.91 Å². The van der Waals surface area contributed by atoms with Crippen molar-refractivity contribution >= 4 is 11.8 Å². The molecule has 0 aromatic heterocycles. The van der Waals surface area contributed by atoms with Gasteiger partial charge in [-0.2, -0.15) is 4.91 Å². The molecule has 0 N–H and O–H groups in total. The van der Waals surface area contributed by atoms with Gasteiger partial charge in [0, 0.05) is 30.1 Å². The summed E-state index contributed by atoms with van der Waals surface area (Å²) in [5, 5.41) is 3.81. The van der Waals surface area contributed by atoms with Crippen molar-refractivity contribution in [2.75, 3.05) is 0 Å². The van der Waals surface area contributed by atoms with Crippen molar-refractivity contribution in [1.82, 2.24) is 0 Å². The van der Waals surface area contributed by atoms with Crippen LogP contribution in [-0.2, 0) is 14.3 Å². The highest BCUT2D eigenvalue weighted by atomic mass is 16.5. The molecular formula is C24H33NO4.